The molecule has 1 saturated heterocycles. The normalized spacial score (nSPS) is 30.1. The summed E-state index contributed by atoms with van der Waals surface area (Å²) in [6.07, 6.45) is -0.716. The van der Waals surface area contributed by atoms with Crippen LogP contribution in [-0.2, 0) is 4.74 Å². The topological polar surface area (TPSA) is 139 Å². The van der Waals surface area contributed by atoms with E-state index in [0.717, 1.165) is 0 Å². The molecule has 2 aromatic rings. The summed E-state index contributed by atoms with van der Waals surface area (Å²) < 4.78 is 7.05. The molecule has 0 amide bonds. The fourth-order valence-corrected chi connectivity index (χ4v) is 2.43. The quantitative estimate of drug-likeness (QED) is 0.530. The molecule has 3 heterocycles. The first-order valence-corrected chi connectivity index (χ1v) is 6.19. The minimum absolute atomic E-state index is 0.0384. The summed E-state index contributed by atoms with van der Waals surface area (Å²) >= 11 is 0. The number of nitrogens with zero attached hydrogens (tertiary/aromatic N) is 3. The SMILES string of the molecule is CC1[C@@H](CO)O[C@@H](n2cnc3c(=O)[nH]c(N)nc32)[C@H]1O. The Morgan fingerprint density at radius 3 is 3.00 bits per heavy atom. The molecule has 0 spiro atoms. The molecule has 0 bridgehead atoms. The number of rotatable bonds is 2. The van der Waals surface area contributed by atoms with Crippen LogP contribution in [0.1, 0.15) is 13.2 Å². The number of ether oxygens (including phenoxy) is 1. The number of aliphatic hydroxyl groups is 2. The summed E-state index contributed by atoms with van der Waals surface area (Å²) in [5.74, 6) is -0.287. The molecular formula is C11H15N5O4. The van der Waals surface area contributed by atoms with Crippen molar-refractivity contribution in [3.8, 4) is 0 Å². The third-order valence-electron chi connectivity index (χ3n) is 3.64. The average molecular weight is 281 g/mol. The van der Waals surface area contributed by atoms with E-state index in [9.17, 15) is 15.0 Å². The van der Waals surface area contributed by atoms with Crippen LogP contribution in [0.5, 0.6) is 0 Å². The number of anilines is 1. The Labute approximate surface area is 113 Å². The van der Waals surface area contributed by atoms with Crippen LogP contribution in [0.4, 0.5) is 5.95 Å². The van der Waals surface area contributed by atoms with Crippen molar-refractivity contribution in [2.45, 2.75) is 25.4 Å². The van der Waals surface area contributed by atoms with Gasteiger partial charge in [0.1, 0.15) is 6.10 Å². The molecule has 1 aliphatic rings. The Kier molecular flexibility index (Phi) is 2.96. The van der Waals surface area contributed by atoms with Crippen LogP contribution in [-0.4, -0.2) is 48.5 Å². The summed E-state index contributed by atoms with van der Waals surface area (Å²) in [5.41, 5.74) is 5.42. The predicted molar refractivity (Wildman–Crippen MR) is 68.7 cm³/mol. The van der Waals surface area contributed by atoms with E-state index in [1.165, 1.54) is 10.9 Å². The fraction of sp³-hybridized carbons (Fsp3) is 0.545. The van der Waals surface area contributed by atoms with Crippen LogP contribution in [0.25, 0.3) is 11.2 Å². The van der Waals surface area contributed by atoms with Crippen LogP contribution >= 0.6 is 0 Å². The smallest absolute Gasteiger partial charge is 0.280 e. The van der Waals surface area contributed by atoms with Crippen LogP contribution < -0.4 is 11.3 Å². The maximum atomic E-state index is 11.7. The third kappa shape index (κ3) is 1.79. The van der Waals surface area contributed by atoms with Gasteiger partial charge < -0.3 is 20.7 Å². The largest absolute Gasteiger partial charge is 0.394 e. The van der Waals surface area contributed by atoms with Crippen LogP contribution in [0.15, 0.2) is 11.1 Å². The van der Waals surface area contributed by atoms with E-state index in [4.69, 9.17) is 10.5 Å². The number of imidazole rings is 1. The minimum Gasteiger partial charge on any atom is -0.394 e. The van der Waals surface area contributed by atoms with Crippen LogP contribution in [0.3, 0.4) is 0 Å². The Bertz CT molecular complexity index is 696. The number of H-pyrrole nitrogens is 1. The number of nitrogen functional groups attached to an aromatic ring is 1. The summed E-state index contributed by atoms with van der Waals surface area (Å²) in [5, 5.41) is 19.4. The van der Waals surface area contributed by atoms with Gasteiger partial charge in [0.2, 0.25) is 5.95 Å². The van der Waals surface area contributed by atoms with E-state index in [1.807, 2.05) is 0 Å². The van der Waals surface area contributed by atoms with Crippen LogP contribution in [0, 0.1) is 5.92 Å². The van der Waals surface area contributed by atoms with Crippen molar-refractivity contribution >= 4 is 17.1 Å². The lowest BCUT2D eigenvalue weighted by molar-refractivity contribution is -0.0491. The number of nitrogens with one attached hydrogen (secondary N) is 1. The molecule has 108 valence electrons. The van der Waals surface area contributed by atoms with Gasteiger partial charge >= 0.3 is 0 Å². The van der Waals surface area contributed by atoms with Crippen molar-refractivity contribution in [2.75, 3.05) is 12.3 Å². The summed E-state index contributed by atoms with van der Waals surface area (Å²) in [4.78, 5) is 22.0. The van der Waals surface area contributed by atoms with Crippen molar-refractivity contribution in [3.05, 3.63) is 16.7 Å². The summed E-state index contributed by atoms with van der Waals surface area (Å²) in [7, 11) is 0. The maximum Gasteiger partial charge on any atom is 0.280 e. The lowest BCUT2D eigenvalue weighted by Crippen LogP contribution is -2.25. The molecule has 9 nitrogen and oxygen atoms in total. The lowest BCUT2D eigenvalue weighted by Gasteiger charge is -2.16. The van der Waals surface area contributed by atoms with Gasteiger partial charge in [-0.15, -0.1) is 0 Å². The number of fused-ring (bicyclic) bond motifs is 1. The van der Waals surface area contributed by atoms with Gasteiger partial charge in [0.15, 0.2) is 17.4 Å². The Balaban J connectivity index is 2.09. The first kappa shape index (κ1) is 13.0. The molecule has 4 atom stereocenters. The van der Waals surface area contributed by atoms with Gasteiger partial charge in [-0.3, -0.25) is 14.3 Å². The van der Waals surface area contributed by atoms with Gasteiger partial charge in [-0.05, 0) is 0 Å². The van der Waals surface area contributed by atoms with Gasteiger partial charge in [-0.2, -0.15) is 4.98 Å². The molecule has 1 aliphatic heterocycles. The molecule has 9 heteroatoms. The summed E-state index contributed by atoms with van der Waals surface area (Å²) in [6, 6.07) is 0. The van der Waals surface area contributed by atoms with Gasteiger partial charge in [0.05, 0.1) is 19.0 Å². The second kappa shape index (κ2) is 4.54. The standard InChI is InChI=1S/C11H15N5O4/c1-4-5(2-17)20-10(7(4)18)16-3-13-6-8(16)14-11(12)15-9(6)19/h3-5,7,10,17-18H,2H2,1H3,(H3,12,14,15,19)/t4?,5-,7+,10-/m1/s1. The molecule has 0 aromatic carbocycles. The van der Waals surface area contributed by atoms with Crippen molar-refractivity contribution < 1.29 is 14.9 Å². The maximum absolute atomic E-state index is 11.7. The molecule has 2 aromatic heterocycles. The highest BCUT2D eigenvalue weighted by Gasteiger charge is 2.42. The average Bonchev–Trinajstić information content (AvgIpc) is 2.93. The zero-order chi connectivity index (χ0) is 14.4. The van der Waals surface area contributed by atoms with E-state index in [0.29, 0.717) is 0 Å². The van der Waals surface area contributed by atoms with Crippen molar-refractivity contribution in [1.29, 1.82) is 0 Å². The highest BCUT2D eigenvalue weighted by atomic mass is 16.5. The highest BCUT2D eigenvalue weighted by molar-refractivity contribution is 5.70. The van der Waals surface area contributed by atoms with Crippen molar-refractivity contribution in [1.82, 2.24) is 19.5 Å². The molecule has 20 heavy (non-hydrogen) atoms. The van der Waals surface area contributed by atoms with E-state index < -0.39 is 24.0 Å². The Morgan fingerprint density at radius 1 is 1.60 bits per heavy atom. The van der Waals surface area contributed by atoms with Gasteiger partial charge in [-0.25, -0.2) is 4.98 Å². The Hall–Kier alpha value is -1.97. The zero-order valence-electron chi connectivity index (χ0n) is 10.7. The predicted octanol–water partition coefficient (Wildman–Crippen LogP) is -1.41. The van der Waals surface area contributed by atoms with Crippen molar-refractivity contribution in [3.63, 3.8) is 0 Å². The van der Waals surface area contributed by atoms with Crippen LogP contribution in [0.2, 0.25) is 0 Å². The second-order valence-corrected chi connectivity index (χ2v) is 4.87. The fourth-order valence-electron chi connectivity index (χ4n) is 2.43. The number of nitrogens with two attached hydrogens (primary N) is 1. The third-order valence-corrected chi connectivity index (χ3v) is 3.64. The molecule has 1 unspecified atom stereocenters. The number of hydrogen-bond donors (Lipinski definition) is 4. The number of aliphatic hydroxyl groups excluding tert-OH is 2. The first-order valence-electron chi connectivity index (χ1n) is 6.19. The minimum atomic E-state index is -0.841. The molecular weight excluding hydrogens is 266 g/mol. The highest BCUT2D eigenvalue weighted by Crippen LogP contribution is 2.34. The van der Waals surface area contributed by atoms with E-state index in [1.54, 1.807) is 6.92 Å². The molecule has 3 rings (SSSR count). The summed E-state index contributed by atoms with van der Waals surface area (Å²) in [6.45, 7) is 1.58. The Morgan fingerprint density at radius 2 is 2.35 bits per heavy atom. The molecule has 1 fully saturated rings. The molecule has 0 radical (unpaired) electrons. The van der Waals surface area contributed by atoms with E-state index in [2.05, 4.69) is 15.0 Å². The monoisotopic (exact) mass is 281 g/mol. The number of aromatic amines is 1. The zero-order valence-corrected chi connectivity index (χ0v) is 10.7. The van der Waals surface area contributed by atoms with Crippen molar-refractivity contribution in [2.24, 2.45) is 5.92 Å². The van der Waals surface area contributed by atoms with E-state index >= 15 is 0 Å². The molecule has 0 saturated carbocycles. The van der Waals surface area contributed by atoms with Gasteiger partial charge in [-0.1, -0.05) is 6.92 Å². The van der Waals surface area contributed by atoms with E-state index in [-0.39, 0.29) is 29.6 Å². The second-order valence-electron chi connectivity index (χ2n) is 4.87. The number of aromatic nitrogens is 4. The van der Waals surface area contributed by atoms with Gasteiger partial charge in [0, 0.05) is 5.92 Å². The number of hydrogen-bond acceptors (Lipinski definition) is 7. The molecule has 0 aliphatic carbocycles. The molecule has 5 N–H and O–H groups in total. The first-order chi connectivity index (χ1) is 9.52. The lowest BCUT2D eigenvalue weighted by atomic mass is 10.0. The van der Waals surface area contributed by atoms with Gasteiger partial charge in [0.25, 0.3) is 5.56 Å².